The highest BCUT2D eigenvalue weighted by molar-refractivity contribution is 7.59. The largest absolute Gasteiger partial charge is 0.464 e. The minimum atomic E-state index is -4.60. The molecule has 25 heteroatoms. The average molecular weight is 1170 g/mol. The van der Waals surface area contributed by atoms with Gasteiger partial charge in [-0.1, -0.05) is 33.8 Å². The normalized spacial score (nSPS) is 20.1. The first-order valence-corrected chi connectivity index (χ1v) is 25.7. The van der Waals surface area contributed by atoms with Crippen LogP contribution in [0.2, 0.25) is 0 Å². The number of thiazole rings is 1. The number of benzene rings is 1. The topological polar surface area (TPSA) is 172 Å². The van der Waals surface area contributed by atoms with E-state index in [1.165, 1.54) is 45.1 Å². The molecule has 3 fully saturated rings. The summed E-state index contributed by atoms with van der Waals surface area (Å²) in [5.41, 5.74) is 5.42. The number of nitrogens with zero attached hydrogens (tertiary/aromatic N) is 7. The Morgan fingerprint density at radius 1 is 1.04 bits per heavy atom. The number of carbonyl (C=O) groups excluding carboxylic acids is 5. The van der Waals surface area contributed by atoms with Crippen LogP contribution in [0.25, 0.3) is 33.4 Å². The van der Waals surface area contributed by atoms with Gasteiger partial charge in [0.05, 0.1) is 34.8 Å². The van der Waals surface area contributed by atoms with Crippen LogP contribution in [-0.2, 0) is 48.0 Å². The van der Waals surface area contributed by atoms with E-state index in [9.17, 15) is 41.5 Å². The van der Waals surface area contributed by atoms with E-state index in [1.807, 2.05) is 33.8 Å². The van der Waals surface area contributed by atoms with Crippen LogP contribution >= 0.6 is 65.3 Å². The summed E-state index contributed by atoms with van der Waals surface area (Å²) in [4.78, 5) is 84.0. The van der Waals surface area contributed by atoms with E-state index in [0.717, 1.165) is 0 Å². The molecule has 1 spiro atoms. The zero-order valence-corrected chi connectivity index (χ0v) is 49.2. The number of rotatable bonds is 10. The van der Waals surface area contributed by atoms with Gasteiger partial charge in [0.25, 0.3) is 5.91 Å². The number of likely N-dealkylation sites (tertiary alicyclic amines) is 2. The zero-order valence-electron chi connectivity index (χ0n) is 44.4. The van der Waals surface area contributed by atoms with E-state index in [0.29, 0.717) is 102 Å². The predicted octanol–water partition coefficient (Wildman–Crippen LogP) is 7.72. The standard InChI is InChI=1S/C52H65F4N9O7S.4H2S/c1-31(2)44(61(6)49(70)62-21-16-51(17-22-62)27-63(28-51)42(66)13-8-18-53)46(67)59-38-24-41-58-39(26-73-41)33-14-15-40-35(23-33)36(25-50(4,5)30-72-48(69)37-12-10-20-65(60-37)47(38)68)45(64(40)29-52(54,55)56)34-11-9-19-57-43(34)32(3)71-7;;;;/h8-9,11,13-15,19,23,26,31-32,37-38,44,60H,10,12,16-18,20-22,24-25,27-30H2,1-7H3,(H,59,67);4*1H2/b13-8+;;;;/t32-,37-,38-,44-;;;;/m0..../s1. The number of cyclic esters (lactones) is 1. The summed E-state index contributed by atoms with van der Waals surface area (Å²) in [7, 11) is 3.08. The molecule has 1 aromatic carbocycles. The maximum atomic E-state index is 14.7. The van der Waals surface area contributed by atoms with Gasteiger partial charge in [-0.15, -0.1) is 11.3 Å². The average Bonchev–Trinajstić information content (AvgIpc) is 3.93. The summed E-state index contributed by atoms with van der Waals surface area (Å²) in [5.74, 6) is -2.31. The third kappa shape index (κ3) is 14.5. The predicted molar refractivity (Wildman–Crippen MR) is 308 cm³/mol. The molecule has 4 aliphatic rings. The SMILES string of the molecule is CO[C@@H](C)c1ncccc1-c1c2c3cc(ccc3n1CC(F)(F)F)-c1csc(n1)C[C@H](NC(=O)[C@H](C(C)C)N(C)C(=O)N1CCC3(CC1)CN(C(=O)/C=C/CF)C3)C(=O)N1CCC[C@H](N1)C(=O)OCC(C)(C)C2.S.S.S.S. The number of urea groups is 1. The summed E-state index contributed by atoms with van der Waals surface area (Å²) in [6.07, 6.45) is 1.08. The number of methoxy groups -OCH3 is 1. The molecule has 426 valence electrons. The molecule has 4 aliphatic heterocycles. The van der Waals surface area contributed by atoms with Gasteiger partial charge in [0.1, 0.15) is 31.3 Å². The van der Waals surface area contributed by atoms with Gasteiger partial charge in [-0.05, 0) is 80.9 Å². The van der Waals surface area contributed by atoms with Gasteiger partial charge in [0.2, 0.25) is 11.8 Å². The number of likely N-dealkylation sites (N-methyl/N-ethyl adjacent to an activating group) is 1. The molecule has 3 aromatic heterocycles. The maximum absolute atomic E-state index is 14.7. The van der Waals surface area contributed by atoms with Crippen LogP contribution in [0, 0.1) is 16.7 Å². The molecular weight excluding hydrogens is 1100 g/mol. The molecule has 4 aromatic rings. The number of aromatic nitrogens is 3. The van der Waals surface area contributed by atoms with Crippen LogP contribution in [0.1, 0.15) is 82.7 Å². The molecule has 77 heavy (non-hydrogen) atoms. The summed E-state index contributed by atoms with van der Waals surface area (Å²) in [5, 5.41) is 7.14. The minimum absolute atomic E-state index is 0. The second-order valence-electron chi connectivity index (χ2n) is 21.0. The zero-order chi connectivity index (χ0) is 52.6. The van der Waals surface area contributed by atoms with Crippen LogP contribution in [0.5, 0.6) is 0 Å². The molecule has 16 nitrogen and oxygen atoms in total. The highest BCUT2D eigenvalue weighted by atomic mass is 32.1. The highest BCUT2D eigenvalue weighted by Crippen LogP contribution is 2.44. The summed E-state index contributed by atoms with van der Waals surface area (Å²) >= 11 is 1.26. The summed E-state index contributed by atoms with van der Waals surface area (Å²) in [6, 6.07) is 5.15. The van der Waals surface area contributed by atoms with Crippen molar-refractivity contribution in [3.05, 3.63) is 70.3 Å². The van der Waals surface area contributed by atoms with Crippen molar-refractivity contribution in [2.75, 3.05) is 60.2 Å². The van der Waals surface area contributed by atoms with Gasteiger partial charge in [0.15, 0.2) is 0 Å². The Morgan fingerprint density at radius 3 is 2.39 bits per heavy atom. The number of esters is 1. The van der Waals surface area contributed by atoms with E-state index < -0.39 is 66.8 Å². The number of allylic oxidation sites excluding steroid dienone is 1. The number of amides is 5. The second-order valence-corrected chi connectivity index (χ2v) is 22.0. The van der Waals surface area contributed by atoms with Crippen molar-refractivity contribution >= 4 is 106 Å². The Hall–Kier alpha value is -4.53. The number of hydrazine groups is 1. The molecule has 0 aliphatic carbocycles. The van der Waals surface area contributed by atoms with Crippen LogP contribution in [0.15, 0.2) is 54.1 Å². The van der Waals surface area contributed by atoms with Gasteiger partial charge in [-0.25, -0.2) is 19.6 Å². The van der Waals surface area contributed by atoms with Crippen LogP contribution in [0.4, 0.5) is 22.4 Å². The Kier molecular flexibility index (Phi) is 22.5. The van der Waals surface area contributed by atoms with Gasteiger partial charge in [-0.2, -0.15) is 67.2 Å². The Morgan fingerprint density at radius 2 is 1.74 bits per heavy atom. The maximum Gasteiger partial charge on any atom is 0.406 e. The van der Waals surface area contributed by atoms with Crippen molar-refractivity contribution in [2.24, 2.45) is 16.7 Å². The molecule has 0 saturated carbocycles. The number of nitrogens with one attached hydrogen (secondary N) is 2. The van der Waals surface area contributed by atoms with Crippen molar-refractivity contribution in [2.45, 2.75) is 110 Å². The molecule has 0 radical (unpaired) electrons. The van der Waals surface area contributed by atoms with Crippen LogP contribution in [0.3, 0.4) is 0 Å². The molecular formula is C52H73F4N9O7S5. The molecule has 3 saturated heterocycles. The quantitative estimate of drug-likeness (QED) is 0.0911. The van der Waals surface area contributed by atoms with E-state index in [-0.39, 0.29) is 103 Å². The molecule has 5 amide bonds. The molecule has 6 bridgehead atoms. The minimum Gasteiger partial charge on any atom is -0.464 e. The lowest BCUT2D eigenvalue weighted by atomic mass is 9.72. The lowest BCUT2D eigenvalue weighted by Crippen LogP contribution is -2.64. The van der Waals surface area contributed by atoms with Gasteiger partial charge < -0.3 is 34.1 Å². The first kappa shape index (κ1) is 65.0. The van der Waals surface area contributed by atoms with Crippen LogP contribution in [-0.4, -0.2) is 148 Å². The molecule has 4 atom stereocenters. The number of hydrogen-bond acceptors (Lipinski definition) is 11. The van der Waals surface area contributed by atoms with Crippen molar-refractivity contribution in [1.29, 1.82) is 0 Å². The molecule has 8 rings (SSSR count). The van der Waals surface area contributed by atoms with E-state index in [2.05, 4.69) is 15.7 Å². The lowest BCUT2D eigenvalue weighted by molar-refractivity contribution is -0.155. The fourth-order valence-corrected chi connectivity index (χ4v) is 11.6. The van der Waals surface area contributed by atoms with Crippen molar-refractivity contribution in [3.8, 4) is 22.5 Å². The Bertz CT molecular complexity index is 2760. The van der Waals surface area contributed by atoms with Crippen molar-refractivity contribution in [1.82, 2.24) is 45.0 Å². The monoisotopic (exact) mass is 1170 g/mol. The fourth-order valence-electron chi connectivity index (χ4n) is 10.8. The van der Waals surface area contributed by atoms with Gasteiger partial charge in [0, 0.05) is 104 Å². The first-order valence-electron chi connectivity index (χ1n) is 24.8. The number of halogens is 4. The summed E-state index contributed by atoms with van der Waals surface area (Å²) < 4.78 is 69.6. The second kappa shape index (κ2) is 26.6. The molecule has 2 N–H and O–H groups in total. The Labute approximate surface area is 479 Å². The van der Waals surface area contributed by atoms with E-state index in [4.69, 9.17) is 14.5 Å². The number of carbonyl (C=O) groups is 5. The van der Waals surface area contributed by atoms with Crippen LogP contribution < -0.4 is 10.7 Å². The Balaban J connectivity index is 0.00000320. The first-order chi connectivity index (χ1) is 34.6. The fraction of sp³-hybridized carbons (Fsp3) is 0.558. The van der Waals surface area contributed by atoms with Gasteiger partial charge >= 0.3 is 18.2 Å². The molecule has 7 heterocycles. The number of hydrogen-bond donors (Lipinski definition) is 2. The smallest absolute Gasteiger partial charge is 0.406 e. The number of alkyl halides is 4. The number of piperidine rings is 1. The van der Waals surface area contributed by atoms with Crippen molar-refractivity contribution in [3.63, 3.8) is 0 Å². The third-order valence-electron chi connectivity index (χ3n) is 14.6. The molecule has 0 unspecified atom stereocenters. The third-order valence-corrected chi connectivity index (χ3v) is 15.5. The van der Waals surface area contributed by atoms with E-state index in [1.54, 1.807) is 59.6 Å². The summed E-state index contributed by atoms with van der Waals surface area (Å²) in [6.45, 7) is 9.18. The lowest BCUT2D eigenvalue weighted by Gasteiger charge is -2.54. The van der Waals surface area contributed by atoms with Gasteiger partial charge in [-0.3, -0.25) is 29.2 Å². The number of pyridine rings is 1. The number of fused-ring (bicyclic) bond motifs is 6. The number of ether oxygens (including phenoxy) is 2. The highest BCUT2D eigenvalue weighted by Gasteiger charge is 2.48. The van der Waals surface area contributed by atoms with Crippen molar-refractivity contribution < 1.29 is 51.0 Å². The van der Waals surface area contributed by atoms with E-state index >= 15 is 0 Å².